The third-order valence-corrected chi connectivity index (χ3v) is 4.49. The van der Waals surface area contributed by atoms with Crippen molar-refractivity contribution in [2.75, 3.05) is 11.4 Å². The highest BCUT2D eigenvalue weighted by Gasteiger charge is 2.36. The van der Waals surface area contributed by atoms with Crippen molar-refractivity contribution in [3.63, 3.8) is 0 Å². The van der Waals surface area contributed by atoms with Crippen LogP contribution in [0.1, 0.15) is 50.2 Å². The number of hydrogen-bond acceptors (Lipinski definition) is 1. The van der Waals surface area contributed by atoms with Crippen LogP contribution in [0.25, 0.3) is 0 Å². The summed E-state index contributed by atoms with van der Waals surface area (Å²) in [6, 6.07) is 4.68. The molecule has 0 unspecified atom stereocenters. The average molecular weight is 320 g/mol. The molecule has 0 radical (unpaired) electrons. The molecule has 0 atom stereocenters. The molecular formula is C16H21ClF3N. The van der Waals surface area contributed by atoms with Crippen LogP contribution in [0.2, 0.25) is 0 Å². The molecule has 0 heterocycles. The standard InChI is InChI=1S/C16H21ClF3N/c1-2-21(13-6-4-3-5-7-13)15-9-8-12(11-17)10-14(15)16(18,19)20/h8-10,13H,2-7,11H2,1H3. The lowest BCUT2D eigenvalue weighted by Gasteiger charge is -2.37. The van der Waals surface area contributed by atoms with Crippen molar-refractivity contribution in [3.8, 4) is 0 Å². The molecule has 0 bridgehead atoms. The fourth-order valence-electron chi connectivity index (χ4n) is 3.16. The van der Waals surface area contributed by atoms with E-state index < -0.39 is 11.7 Å². The molecule has 1 aliphatic rings. The minimum atomic E-state index is -4.35. The van der Waals surface area contributed by atoms with Gasteiger partial charge in [0, 0.05) is 24.2 Å². The van der Waals surface area contributed by atoms with E-state index >= 15 is 0 Å². The summed E-state index contributed by atoms with van der Waals surface area (Å²) >= 11 is 5.68. The second kappa shape index (κ2) is 6.91. The molecule has 0 aromatic heterocycles. The SMILES string of the molecule is CCN(c1ccc(CCl)cc1C(F)(F)F)C1CCCCC1. The monoisotopic (exact) mass is 319 g/mol. The van der Waals surface area contributed by atoms with Crippen LogP contribution in [0.3, 0.4) is 0 Å². The van der Waals surface area contributed by atoms with E-state index in [0.717, 1.165) is 25.7 Å². The highest BCUT2D eigenvalue weighted by Crippen LogP contribution is 2.39. The van der Waals surface area contributed by atoms with Crippen molar-refractivity contribution in [1.82, 2.24) is 0 Å². The van der Waals surface area contributed by atoms with E-state index in [9.17, 15) is 13.2 Å². The van der Waals surface area contributed by atoms with Gasteiger partial charge in [0.25, 0.3) is 0 Å². The zero-order chi connectivity index (χ0) is 15.5. The Morgan fingerprint density at radius 3 is 2.38 bits per heavy atom. The molecule has 0 amide bonds. The minimum absolute atomic E-state index is 0.0961. The van der Waals surface area contributed by atoms with Crippen LogP contribution in [0.5, 0.6) is 0 Å². The summed E-state index contributed by atoms with van der Waals surface area (Å²) in [7, 11) is 0. The Labute approximate surface area is 129 Å². The number of rotatable bonds is 4. The van der Waals surface area contributed by atoms with E-state index in [0.29, 0.717) is 17.8 Å². The van der Waals surface area contributed by atoms with Crippen molar-refractivity contribution < 1.29 is 13.2 Å². The summed E-state index contributed by atoms with van der Waals surface area (Å²) in [6.45, 7) is 2.51. The quantitative estimate of drug-likeness (QED) is 0.653. The summed E-state index contributed by atoms with van der Waals surface area (Å²) in [5.41, 5.74) is 0.242. The van der Waals surface area contributed by atoms with E-state index in [4.69, 9.17) is 11.6 Å². The maximum Gasteiger partial charge on any atom is 0.418 e. The van der Waals surface area contributed by atoms with Gasteiger partial charge in [-0.25, -0.2) is 0 Å². The van der Waals surface area contributed by atoms with Gasteiger partial charge in [0.2, 0.25) is 0 Å². The molecule has 1 nitrogen and oxygen atoms in total. The van der Waals surface area contributed by atoms with Crippen molar-refractivity contribution in [3.05, 3.63) is 29.3 Å². The number of halogens is 4. The highest BCUT2D eigenvalue weighted by molar-refractivity contribution is 6.17. The summed E-state index contributed by atoms with van der Waals surface area (Å²) in [6.07, 6.45) is 0.986. The number of benzene rings is 1. The molecule has 1 aliphatic carbocycles. The Hall–Kier alpha value is -0.900. The smallest absolute Gasteiger partial charge is 0.368 e. The van der Waals surface area contributed by atoms with Crippen LogP contribution < -0.4 is 4.90 Å². The summed E-state index contributed by atoms with van der Waals surface area (Å²) in [5, 5.41) is 0. The van der Waals surface area contributed by atoms with Gasteiger partial charge in [-0.1, -0.05) is 25.3 Å². The van der Waals surface area contributed by atoms with Crippen LogP contribution >= 0.6 is 11.6 Å². The topological polar surface area (TPSA) is 3.24 Å². The molecule has 1 aromatic rings. The lowest BCUT2D eigenvalue weighted by Crippen LogP contribution is -2.38. The van der Waals surface area contributed by atoms with Crippen LogP contribution in [-0.4, -0.2) is 12.6 Å². The minimum Gasteiger partial charge on any atom is -0.368 e. The van der Waals surface area contributed by atoms with Gasteiger partial charge in [-0.05, 0) is 37.5 Å². The average Bonchev–Trinajstić information content (AvgIpc) is 2.48. The van der Waals surface area contributed by atoms with Crippen molar-refractivity contribution in [2.45, 2.75) is 57.1 Å². The normalized spacial score (nSPS) is 17.0. The van der Waals surface area contributed by atoms with E-state index in [1.54, 1.807) is 12.1 Å². The zero-order valence-corrected chi connectivity index (χ0v) is 13.0. The molecule has 0 saturated heterocycles. The first-order valence-corrected chi connectivity index (χ1v) is 8.03. The van der Waals surface area contributed by atoms with Gasteiger partial charge in [-0.15, -0.1) is 11.6 Å². The molecule has 5 heteroatoms. The molecule has 0 spiro atoms. The summed E-state index contributed by atoms with van der Waals surface area (Å²) in [5.74, 6) is 0.0961. The second-order valence-electron chi connectivity index (χ2n) is 5.56. The maximum atomic E-state index is 13.4. The van der Waals surface area contributed by atoms with Gasteiger partial charge in [0.05, 0.1) is 5.56 Å². The van der Waals surface area contributed by atoms with E-state index in [-0.39, 0.29) is 11.9 Å². The predicted octanol–water partition coefficient (Wildman–Crippen LogP) is 5.60. The van der Waals surface area contributed by atoms with Crippen LogP contribution in [-0.2, 0) is 12.1 Å². The van der Waals surface area contributed by atoms with E-state index in [2.05, 4.69) is 0 Å². The van der Waals surface area contributed by atoms with Gasteiger partial charge in [-0.2, -0.15) is 13.2 Å². The predicted molar refractivity (Wildman–Crippen MR) is 80.9 cm³/mol. The number of hydrogen-bond donors (Lipinski definition) is 0. The van der Waals surface area contributed by atoms with Gasteiger partial charge in [0.15, 0.2) is 0 Å². The largest absolute Gasteiger partial charge is 0.418 e. The van der Waals surface area contributed by atoms with Crippen LogP contribution in [0.15, 0.2) is 18.2 Å². The summed E-state index contributed by atoms with van der Waals surface area (Å²) in [4.78, 5) is 1.92. The molecule has 0 aliphatic heterocycles. The Kier molecular flexibility index (Phi) is 5.42. The van der Waals surface area contributed by atoms with Gasteiger partial charge in [-0.3, -0.25) is 0 Å². The lowest BCUT2D eigenvalue weighted by atomic mass is 9.93. The molecule has 1 aromatic carbocycles. The lowest BCUT2D eigenvalue weighted by molar-refractivity contribution is -0.137. The second-order valence-corrected chi connectivity index (χ2v) is 5.83. The number of alkyl halides is 4. The van der Waals surface area contributed by atoms with E-state index in [1.165, 1.54) is 12.5 Å². The first kappa shape index (κ1) is 16.5. The third-order valence-electron chi connectivity index (χ3n) is 4.19. The zero-order valence-electron chi connectivity index (χ0n) is 12.2. The van der Waals surface area contributed by atoms with Crippen LogP contribution in [0, 0.1) is 0 Å². The Morgan fingerprint density at radius 1 is 1.19 bits per heavy atom. The molecule has 21 heavy (non-hydrogen) atoms. The Bertz CT molecular complexity index is 467. The maximum absolute atomic E-state index is 13.4. The first-order valence-electron chi connectivity index (χ1n) is 7.50. The van der Waals surface area contributed by atoms with E-state index in [1.807, 2.05) is 11.8 Å². The van der Waals surface area contributed by atoms with Crippen molar-refractivity contribution in [2.24, 2.45) is 0 Å². The molecular weight excluding hydrogens is 299 g/mol. The fourth-order valence-corrected chi connectivity index (χ4v) is 3.33. The molecule has 0 N–H and O–H groups in total. The summed E-state index contributed by atoms with van der Waals surface area (Å²) < 4.78 is 40.1. The van der Waals surface area contributed by atoms with Gasteiger partial charge < -0.3 is 4.90 Å². The van der Waals surface area contributed by atoms with Crippen molar-refractivity contribution in [1.29, 1.82) is 0 Å². The Morgan fingerprint density at radius 2 is 1.86 bits per heavy atom. The van der Waals surface area contributed by atoms with Gasteiger partial charge in [0.1, 0.15) is 0 Å². The molecule has 118 valence electrons. The van der Waals surface area contributed by atoms with Crippen LogP contribution in [0.4, 0.5) is 18.9 Å². The molecule has 1 saturated carbocycles. The number of anilines is 1. The Balaban J connectivity index is 2.39. The van der Waals surface area contributed by atoms with Crippen molar-refractivity contribution >= 4 is 17.3 Å². The number of nitrogens with zero attached hydrogens (tertiary/aromatic N) is 1. The third kappa shape index (κ3) is 3.85. The first-order chi connectivity index (χ1) is 9.97. The molecule has 2 rings (SSSR count). The fraction of sp³-hybridized carbons (Fsp3) is 0.625. The molecule has 1 fully saturated rings. The van der Waals surface area contributed by atoms with Gasteiger partial charge >= 0.3 is 6.18 Å². The highest BCUT2D eigenvalue weighted by atomic mass is 35.5.